The smallest absolute Gasteiger partial charge is 0.336 e. The molecule has 26 heteroatoms. The second kappa shape index (κ2) is 34.4. The minimum Gasteiger partial charge on any atom is -0.478 e. The first-order valence-electron chi connectivity index (χ1n) is 37.8. The van der Waals surface area contributed by atoms with Crippen molar-refractivity contribution in [2.24, 2.45) is 0 Å². The fraction of sp³-hybridized carbons (Fsp3) is 0.0851. The van der Waals surface area contributed by atoms with Gasteiger partial charge in [-0.05, 0) is 182 Å². The van der Waals surface area contributed by atoms with E-state index in [0.717, 1.165) is 50.6 Å². The van der Waals surface area contributed by atoms with Crippen molar-refractivity contribution in [2.45, 2.75) is 53.9 Å². The van der Waals surface area contributed by atoms with Gasteiger partial charge in [-0.25, -0.2) is 57.8 Å². The molecule has 592 valence electrons. The van der Waals surface area contributed by atoms with Gasteiger partial charge in [0.05, 0.1) is 118 Å². The van der Waals surface area contributed by atoms with Crippen LogP contribution in [0.1, 0.15) is 86.5 Å². The van der Waals surface area contributed by atoms with Crippen LogP contribution >= 0.6 is 0 Å². The monoisotopic (exact) mass is 1590 g/mol. The minimum absolute atomic E-state index is 0.145. The molecule has 120 heavy (non-hydrogen) atoms. The molecule has 0 radical (unpaired) electrons. The number of aromatic nitrogens is 12. The molecule has 0 spiro atoms. The third kappa shape index (κ3) is 17.1. The molecule has 0 fully saturated rings. The summed E-state index contributed by atoms with van der Waals surface area (Å²) >= 11 is 0. The summed E-state index contributed by atoms with van der Waals surface area (Å²) in [6.45, 7) is 9.01. The Hall–Kier alpha value is -16.4. The number of hydrogen-bond acceptors (Lipinski definition) is 18. The molecule has 12 aromatic heterocycles. The highest BCUT2D eigenvalue weighted by molar-refractivity contribution is 6.07. The Bertz CT molecular complexity index is 6870. The lowest BCUT2D eigenvalue weighted by molar-refractivity contribution is 0.0688. The molecule has 19 rings (SSSR count). The SMILES string of the molecule is Cc1nn(Cc2ccc(-c3ccccc3)cc2)c2nc(-c3ccco3)cc(C(=O)O)c12.Cc1nn(Cc2ccc(Oc3ccccc3)cc2)c2nc(-c3ccco3)cc(C(=O)O)c12.Cc1nn(Cc2cccc(Oc3ccccc3)c2)c2nc(-c3ccco3)cc(C(=O)O)c12.Cc1nn(Cc2ccccc2)c2nc(-c3ccco3)cc(C(=O)O)c12. The number of hydrogen-bond donors (Lipinski definition) is 4. The Morgan fingerprint density at radius 1 is 0.283 bits per heavy atom. The van der Waals surface area contributed by atoms with E-state index in [4.69, 9.17) is 27.1 Å². The number of rotatable bonds is 21. The van der Waals surface area contributed by atoms with Crippen LogP contribution < -0.4 is 9.47 Å². The zero-order valence-electron chi connectivity index (χ0n) is 64.8. The number of nitrogens with zero attached hydrogens (tertiary/aromatic N) is 12. The van der Waals surface area contributed by atoms with Crippen LogP contribution in [-0.2, 0) is 26.2 Å². The highest BCUT2D eigenvalue weighted by Crippen LogP contribution is 2.35. The van der Waals surface area contributed by atoms with Crippen LogP contribution in [0.15, 0.2) is 310 Å². The number of ether oxygens (including phenoxy) is 2. The van der Waals surface area contributed by atoms with Gasteiger partial charge in [0.15, 0.2) is 45.6 Å². The zero-order valence-corrected chi connectivity index (χ0v) is 64.8. The van der Waals surface area contributed by atoms with Crippen LogP contribution in [0.2, 0.25) is 0 Å². The Kier molecular flexibility index (Phi) is 22.2. The fourth-order valence-corrected chi connectivity index (χ4v) is 14.1. The van der Waals surface area contributed by atoms with Gasteiger partial charge in [-0.1, -0.05) is 146 Å². The van der Waals surface area contributed by atoms with Crippen LogP contribution in [0.3, 0.4) is 0 Å². The molecule has 0 aliphatic rings. The average Bonchev–Trinajstić information content (AvgIpc) is 1.63. The van der Waals surface area contributed by atoms with E-state index in [1.165, 1.54) is 43.1 Å². The van der Waals surface area contributed by atoms with E-state index < -0.39 is 23.9 Å². The number of para-hydroxylation sites is 2. The number of aromatic carboxylic acids is 4. The molecule has 12 heterocycles. The molecule has 0 bridgehead atoms. The lowest BCUT2D eigenvalue weighted by Gasteiger charge is -2.09. The normalized spacial score (nSPS) is 11.1. The number of carboxylic acids is 4. The van der Waals surface area contributed by atoms with Crippen molar-refractivity contribution >= 4 is 68.0 Å². The standard InChI is InChI=1S/2C25H19N3O4.C25H19N3O3.C19H15N3O3/c1-16-23-20(25(29)30)14-21(22-11-6-12-31-22)26-24(23)28(27-16)15-17-7-5-10-19(13-17)32-18-8-3-2-4-9-18;1-16-23-20(25(29)30)14-21(22-8-5-13-31-22)26-24(23)28(27-16)15-17-9-11-19(12-10-17)32-18-6-3-2-4-7-18;1-16-23-20(25(29)30)14-21(22-8-5-13-31-22)26-24(23)28(27-16)15-17-9-11-19(12-10-17)18-6-3-2-4-7-18;1-12-17-14(19(23)24)10-15(16-8-5-9-25-16)20-18(17)22(21-12)11-13-6-3-2-4-7-13/h2*2-14H,15H2,1H3,(H,29,30);2-14H,15H2,1H3,(H,29,30);2-10H,11H2,1H3,(H,23,24). The molecule has 0 saturated carbocycles. The number of aryl methyl sites for hydroxylation is 4. The predicted octanol–water partition coefficient (Wildman–Crippen LogP) is 20.2. The average molecular weight is 1590 g/mol. The minimum atomic E-state index is -1.04. The third-order valence-electron chi connectivity index (χ3n) is 19.5. The van der Waals surface area contributed by atoms with E-state index in [2.05, 4.69) is 76.7 Å². The second-order valence-corrected chi connectivity index (χ2v) is 27.8. The molecule has 0 aliphatic heterocycles. The number of benzene rings is 7. The second-order valence-electron chi connectivity index (χ2n) is 27.8. The predicted molar refractivity (Wildman–Crippen MR) is 448 cm³/mol. The van der Waals surface area contributed by atoms with Crippen LogP contribution in [0, 0.1) is 27.7 Å². The molecule has 0 atom stereocenters. The first-order chi connectivity index (χ1) is 58.4. The maximum absolute atomic E-state index is 12.0. The van der Waals surface area contributed by atoms with Crippen molar-refractivity contribution < 1.29 is 66.7 Å². The van der Waals surface area contributed by atoms with E-state index in [1.54, 1.807) is 101 Å². The van der Waals surface area contributed by atoms with E-state index in [-0.39, 0.29) is 22.3 Å². The molecule has 4 N–H and O–H groups in total. The number of furan rings is 4. The lowest BCUT2D eigenvalue weighted by Crippen LogP contribution is -2.05. The van der Waals surface area contributed by atoms with Crippen LogP contribution in [-0.4, -0.2) is 103 Å². The largest absolute Gasteiger partial charge is 0.478 e. The molecule has 7 aromatic carbocycles. The summed E-state index contributed by atoms with van der Waals surface area (Å²) in [5.41, 5.74) is 13.3. The maximum Gasteiger partial charge on any atom is 0.336 e. The maximum atomic E-state index is 12.0. The van der Waals surface area contributed by atoms with Crippen molar-refractivity contribution in [3.05, 3.63) is 359 Å². The van der Waals surface area contributed by atoms with Crippen LogP contribution in [0.25, 0.3) is 101 Å². The molecule has 0 aliphatic carbocycles. The lowest BCUT2D eigenvalue weighted by atomic mass is 10.0. The van der Waals surface area contributed by atoms with Crippen molar-refractivity contribution in [1.29, 1.82) is 0 Å². The van der Waals surface area contributed by atoms with Gasteiger partial charge in [-0.15, -0.1) is 0 Å². The molecular weight excluding hydrogens is 1520 g/mol. The number of carbonyl (C=O) groups is 4. The Morgan fingerprint density at radius 2 is 0.550 bits per heavy atom. The summed E-state index contributed by atoms with van der Waals surface area (Å²) in [6.07, 6.45) is 6.14. The molecule has 26 nitrogen and oxygen atoms in total. The summed E-state index contributed by atoms with van der Waals surface area (Å²) < 4.78 is 40.4. The topological polar surface area (TPSA) is 343 Å². The quantitative estimate of drug-likeness (QED) is 0.0519. The summed E-state index contributed by atoms with van der Waals surface area (Å²) in [5, 5.41) is 59.4. The summed E-state index contributed by atoms with van der Waals surface area (Å²) in [5.74, 6) is 0.895. The molecule has 0 amide bonds. The number of fused-ring (bicyclic) bond motifs is 4. The van der Waals surface area contributed by atoms with Gasteiger partial charge in [0, 0.05) is 0 Å². The van der Waals surface area contributed by atoms with Gasteiger partial charge in [-0.2, -0.15) is 20.4 Å². The molecule has 19 aromatic rings. The van der Waals surface area contributed by atoms with Crippen molar-refractivity contribution in [3.63, 3.8) is 0 Å². The Balaban J connectivity index is 0.000000120. The summed E-state index contributed by atoms with van der Waals surface area (Å²) in [7, 11) is 0. The van der Waals surface area contributed by atoms with Gasteiger partial charge in [0.2, 0.25) is 0 Å². The highest BCUT2D eigenvalue weighted by atomic mass is 16.5. The van der Waals surface area contributed by atoms with Gasteiger partial charge >= 0.3 is 23.9 Å². The van der Waals surface area contributed by atoms with Gasteiger partial charge in [0.25, 0.3) is 0 Å². The van der Waals surface area contributed by atoms with Gasteiger partial charge < -0.3 is 47.6 Å². The van der Waals surface area contributed by atoms with E-state index >= 15 is 0 Å². The number of pyridine rings is 4. The first-order valence-corrected chi connectivity index (χ1v) is 37.8. The van der Waals surface area contributed by atoms with Crippen LogP contribution in [0.4, 0.5) is 0 Å². The highest BCUT2D eigenvalue weighted by Gasteiger charge is 2.26. The van der Waals surface area contributed by atoms with Crippen molar-refractivity contribution in [1.82, 2.24) is 59.1 Å². The van der Waals surface area contributed by atoms with Crippen molar-refractivity contribution in [3.8, 4) is 79.9 Å². The van der Waals surface area contributed by atoms with E-state index in [1.807, 2.05) is 158 Å². The van der Waals surface area contributed by atoms with Gasteiger partial charge in [-0.3, -0.25) is 0 Å². The van der Waals surface area contributed by atoms with Crippen molar-refractivity contribution in [2.75, 3.05) is 0 Å². The van der Waals surface area contributed by atoms with E-state index in [9.17, 15) is 39.6 Å². The summed E-state index contributed by atoms with van der Waals surface area (Å²) in [6, 6.07) is 82.9. The van der Waals surface area contributed by atoms with Gasteiger partial charge in [0.1, 0.15) is 45.8 Å². The molecule has 0 saturated heterocycles. The van der Waals surface area contributed by atoms with Crippen LogP contribution in [0.5, 0.6) is 23.0 Å². The zero-order chi connectivity index (χ0) is 82.9. The third-order valence-corrected chi connectivity index (χ3v) is 19.5. The molecule has 0 unspecified atom stereocenters. The first kappa shape index (κ1) is 77.6. The summed E-state index contributed by atoms with van der Waals surface area (Å²) in [4.78, 5) is 66.2. The fourth-order valence-electron chi connectivity index (χ4n) is 14.1. The number of carboxylic acid groups (broad SMARTS) is 4. The Morgan fingerprint density at radius 3 is 0.875 bits per heavy atom. The molecular formula is C94H72N12O14. The Labute approximate surface area is 683 Å². The van der Waals surface area contributed by atoms with E-state index in [0.29, 0.717) is 145 Å².